The molecule has 43 heavy (non-hydrogen) atoms. The minimum Gasteiger partial charge on any atom is -0.449 e. The predicted octanol–water partition coefficient (Wildman–Crippen LogP) is -2.87. The normalized spacial score (nSPS) is 18.2. The Labute approximate surface area is 250 Å². The van der Waals surface area contributed by atoms with E-state index in [1.165, 1.54) is 18.1 Å². The molecule has 3 atom stereocenters. The number of aliphatic hydroxyl groups is 1. The van der Waals surface area contributed by atoms with E-state index in [0.717, 1.165) is 11.0 Å². The number of hydrogen-bond donors (Lipinski definition) is 6. The first kappa shape index (κ1) is 32.2. The molecule has 4 amide bonds. The van der Waals surface area contributed by atoms with Crippen LogP contribution >= 0.6 is 0 Å². The van der Waals surface area contributed by atoms with E-state index in [9.17, 15) is 29.3 Å². The van der Waals surface area contributed by atoms with Crippen molar-refractivity contribution in [1.29, 1.82) is 0 Å². The lowest BCUT2D eigenvalue weighted by Crippen LogP contribution is -2.46. The van der Waals surface area contributed by atoms with Gasteiger partial charge in [0.25, 0.3) is 11.8 Å². The highest BCUT2D eigenvalue weighted by atomic mass is 16.6. The lowest BCUT2D eigenvalue weighted by atomic mass is 9.78. The van der Waals surface area contributed by atoms with E-state index in [0.29, 0.717) is 49.0 Å². The van der Waals surface area contributed by atoms with Gasteiger partial charge < -0.3 is 46.4 Å². The molecule has 1 saturated heterocycles. The fraction of sp³-hybridized carbons (Fsp3) is 0.429. The van der Waals surface area contributed by atoms with Crippen molar-refractivity contribution in [2.45, 2.75) is 57.0 Å². The molecule has 0 saturated carbocycles. The predicted molar refractivity (Wildman–Crippen MR) is 160 cm³/mol. The molecular formula is C28H37B2N5O8. The van der Waals surface area contributed by atoms with Crippen molar-refractivity contribution in [2.24, 2.45) is 11.5 Å². The third kappa shape index (κ3) is 7.61. The molecule has 4 rings (SSSR count). The van der Waals surface area contributed by atoms with Crippen LogP contribution in [0.3, 0.4) is 0 Å². The Morgan fingerprint density at radius 1 is 1.19 bits per heavy atom. The molecule has 2 aromatic rings. The van der Waals surface area contributed by atoms with E-state index < -0.39 is 37.1 Å². The summed E-state index contributed by atoms with van der Waals surface area (Å²) >= 11 is 0. The first-order chi connectivity index (χ1) is 20.7. The van der Waals surface area contributed by atoms with Crippen molar-refractivity contribution < 1.29 is 38.6 Å². The monoisotopic (exact) mass is 593 g/mol. The minimum absolute atomic E-state index is 0.0962. The minimum atomic E-state index is -0.849. The number of nitrogens with two attached hydrogens (primary N) is 2. The summed E-state index contributed by atoms with van der Waals surface area (Å²) in [6, 6.07) is 7.70. The van der Waals surface area contributed by atoms with E-state index in [1.807, 2.05) is 0 Å². The second-order valence-corrected chi connectivity index (χ2v) is 10.8. The van der Waals surface area contributed by atoms with Gasteiger partial charge in [-0.25, -0.2) is 0 Å². The number of rotatable bonds is 13. The number of amides is 4. The van der Waals surface area contributed by atoms with Crippen molar-refractivity contribution in [3.8, 4) is 0 Å². The van der Waals surface area contributed by atoms with Gasteiger partial charge in [0, 0.05) is 37.4 Å². The number of unbranched alkanes of at least 4 members (excludes halogenated alkanes) is 1. The Bertz CT molecular complexity index is 1360. The van der Waals surface area contributed by atoms with Crippen molar-refractivity contribution in [3.05, 3.63) is 58.7 Å². The van der Waals surface area contributed by atoms with Gasteiger partial charge in [0.15, 0.2) is 0 Å². The zero-order valence-electron chi connectivity index (χ0n) is 24.1. The van der Waals surface area contributed by atoms with Crippen molar-refractivity contribution in [3.63, 3.8) is 0 Å². The van der Waals surface area contributed by atoms with Gasteiger partial charge in [-0.15, -0.1) is 0 Å². The molecule has 0 bridgehead atoms. The number of carbonyl (C=O) groups is 4. The van der Waals surface area contributed by atoms with Crippen LogP contribution in [0.4, 0.5) is 0 Å². The van der Waals surface area contributed by atoms with E-state index in [1.54, 1.807) is 30.3 Å². The van der Waals surface area contributed by atoms with Crippen LogP contribution in [-0.4, -0.2) is 91.6 Å². The van der Waals surface area contributed by atoms with Crippen LogP contribution < -0.4 is 33.0 Å². The second-order valence-electron chi connectivity index (χ2n) is 10.8. The highest BCUT2D eigenvalue weighted by Gasteiger charge is 2.41. The maximum atomic E-state index is 13.8. The fourth-order valence-corrected chi connectivity index (χ4v) is 5.41. The molecule has 2 aromatic carbocycles. The molecule has 0 spiro atoms. The molecule has 2 heterocycles. The third-order valence-corrected chi connectivity index (χ3v) is 7.87. The van der Waals surface area contributed by atoms with Crippen molar-refractivity contribution in [2.75, 3.05) is 20.2 Å². The summed E-state index contributed by atoms with van der Waals surface area (Å²) < 4.78 is 11.0. The van der Waals surface area contributed by atoms with E-state index in [-0.39, 0.29) is 44.4 Å². The number of nitrogens with zero attached hydrogens (tertiary/aromatic N) is 1. The largest absolute Gasteiger partial charge is 0.494 e. The maximum absolute atomic E-state index is 13.8. The van der Waals surface area contributed by atoms with Crippen LogP contribution in [0.5, 0.6) is 0 Å². The average molecular weight is 593 g/mol. The summed E-state index contributed by atoms with van der Waals surface area (Å²) in [5.41, 5.74) is 14.1. The van der Waals surface area contributed by atoms with Crippen LogP contribution in [0.15, 0.2) is 36.4 Å². The quantitative estimate of drug-likeness (QED) is 0.104. The Morgan fingerprint density at radius 3 is 2.65 bits per heavy atom. The lowest BCUT2D eigenvalue weighted by Gasteiger charge is -2.24. The summed E-state index contributed by atoms with van der Waals surface area (Å²) in [4.78, 5) is 52.8. The average Bonchev–Trinajstić information content (AvgIpc) is 3.63. The summed E-state index contributed by atoms with van der Waals surface area (Å²) in [7, 11) is 0.594. The molecule has 15 heteroatoms. The standard InChI is InChI=1S/C28H37B2N5O8/c1-42-30-22-11-17(6-8-19(22)15-43-30)28(40)35-13-20(34-26(38)16-5-7-18(14-36)21(10-16)29-41)12-24(35)27(39)33-9-3-2-4-23(31)25(32)37/h5-8,10-11,20,23-24,29,36,41H,2-4,9,12-15,31H2,1H3,(H2,32,37)(H,33,39)(H,34,38)/t20-,23+,24?/m1/s1. The first-order valence-corrected chi connectivity index (χ1v) is 14.2. The number of likely N-dealkylation sites (tertiary alicyclic amines) is 1. The van der Waals surface area contributed by atoms with Gasteiger partial charge in [0.1, 0.15) is 6.04 Å². The second kappa shape index (κ2) is 14.6. The highest BCUT2D eigenvalue weighted by molar-refractivity contribution is 6.63. The van der Waals surface area contributed by atoms with E-state index in [4.69, 9.17) is 20.8 Å². The lowest BCUT2D eigenvalue weighted by molar-refractivity contribution is -0.125. The van der Waals surface area contributed by atoms with Crippen LogP contribution in [0.25, 0.3) is 0 Å². The zero-order valence-corrected chi connectivity index (χ0v) is 24.1. The van der Waals surface area contributed by atoms with E-state index >= 15 is 0 Å². The van der Waals surface area contributed by atoms with Crippen LogP contribution in [0.2, 0.25) is 0 Å². The van der Waals surface area contributed by atoms with E-state index in [2.05, 4.69) is 10.6 Å². The highest BCUT2D eigenvalue weighted by Crippen LogP contribution is 2.23. The molecule has 228 valence electrons. The van der Waals surface area contributed by atoms with Gasteiger partial charge in [0.05, 0.1) is 19.3 Å². The summed E-state index contributed by atoms with van der Waals surface area (Å²) in [6.45, 7) is 0.505. The van der Waals surface area contributed by atoms with Gasteiger partial charge in [-0.1, -0.05) is 18.2 Å². The van der Waals surface area contributed by atoms with Crippen LogP contribution in [0.1, 0.15) is 57.5 Å². The number of hydrogen-bond acceptors (Lipinski definition) is 9. The number of aliphatic hydroxyl groups excluding tert-OH is 1. The number of benzene rings is 2. The first-order valence-electron chi connectivity index (χ1n) is 14.2. The Morgan fingerprint density at radius 2 is 1.95 bits per heavy atom. The van der Waals surface area contributed by atoms with Gasteiger partial charge >= 0.3 is 14.6 Å². The molecule has 13 nitrogen and oxygen atoms in total. The van der Waals surface area contributed by atoms with Gasteiger partial charge in [0.2, 0.25) is 11.8 Å². The van der Waals surface area contributed by atoms with Crippen molar-refractivity contribution in [1.82, 2.24) is 15.5 Å². The summed E-state index contributed by atoms with van der Waals surface area (Å²) in [6.07, 6.45) is 1.73. The molecule has 1 fully saturated rings. The fourth-order valence-electron chi connectivity index (χ4n) is 5.41. The van der Waals surface area contributed by atoms with Gasteiger partial charge in [-0.3, -0.25) is 19.2 Å². The topological polar surface area (TPSA) is 207 Å². The SMILES string of the molecule is COB1OCc2ccc(C(=O)N3C[C@H](NC(=O)c4ccc(CO)c(BO)c4)CC3C(=O)NCCCC[C@H](N)C(N)=O)cc21. The smallest absolute Gasteiger partial charge is 0.449 e. The van der Waals surface area contributed by atoms with Crippen LogP contribution in [0, 0.1) is 0 Å². The third-order valence-electron chi connectivity index (χ3n) is 7.87. The Balaban J connectivity index is 1.48. The Hall–Kier alpha value is -3.75. The van der Waals surface area contributed by atoms with Crippen LogP contribution in [-0.2, 0) is 32.1 Å². The number of primary amides is 1. The Kier molecular flexibility index (Phi) is 10.9. The van der Waals surface area contributed by atoms with Gasteiger partial charge in [-0.05, 0) is 65.9 Å². The molecule has 0 radical (unpaired) electrons. The molecule has 8 N–H and O–H groups in total. The molecule has 0 aliphatic carbocycles. The summed E-state index contributed by atoms with van der Waals surface area (Å²) in [5.74, 6) is -1.74. The number of nitrogens with one attached hydrogen (secondary N) is 2. The molecule has 2 aliphatic rings. The van der Waals surface area contributed by atoms with Gasteiger partial charge in [-0.2, -0.15) is 0 Å². The maximum Gasteiger partial charge on any atom is 0.494 e. The summed E-state index contributed by atoms with van der Waals surface area (Å²) in [5, 5.41) is 24.8. The number of carbonyl (C=O) groups excluding carboxylic acids is 4. The van der Waals surface area contributed by atoms with Crippen molar-refractivity contribution >= 4 is 49.2 Å². The number of fused-ring (bicyclic) bond motifs is 1. The zero-order chi connectivity index (χ0) is 31.1. The molecule has 1 unspecified atom stereocenters. The molecule has 0 aromatic heterocycles. The molecule has 2 aliphatic heterocycles. The molecular weight excluding hydrogens is 556 g/mol.